The molecule has 0 bridgehead atoms. The maximum absolute atomic E-state index is 12.2. The van der Waals surface area contributed by atoms with Crippen molar-refractivity contribution in [3.05, 3.63) is 58.8 Å². The van der Waals surface area contributed by atoms with Crippen LogP contribution in [0.15, 0.2) is 46.9 Å². The third kappa shape index (κ3) is 2.71. The van der Waals surface area contributed by atoms with Crippen LogP contribution in [0.1, 0.15) is 16.1 Å². The quantitative estimate of drug-likeness (QED) is 0.692. The number of nitrogens with one attached hydrogen (secondary N) is 1. The van der Waals surface area contributed by atoms with E-state index in [2.05, 4.69) is 5.32 Å². The fourth-order valence-corrected chi connectivity index (χ4v) is 2.29. The number of rotatable bonds is 2. The molecule has 0 aliphatic rings. The Morgan fingerprint density at radius 3 is 2.76 bits per heavy atom. The first kappa shape index (κ1) is 13.5. The summed E-state index contributed by atoms with van der Waals surface area (Å²) >= 11 is 5.96. The van der Waals surface area contributed by atoms with Crippen LogP contribution in [-0.2, 0) is 0 Å². The number of hydrogen-bond acceptors (Lipinski definition) is 3. The zero-order valence-corrected chi connectivity index (χ0v) is 11.9. The summed E-state index contributed by atoms with van der Waals surface area (Å²) in [4.78, 5) is 12.2. The summed E-state index contributed by atoms with van der Waals surface area (Å²) in [6.07, 6.45) is 0. The second kappa shape index (κ2) is 5.14. The second-order valence-electron chi connectivity index (χ2n) is 4.77. The van der Waals surface area contributed by atoms with Crippen molar-refractivity contribution in [1.29, 1.82) is 0 Å². The Morgan fingerprint density at radius 1 is 1.19 bits per heavy atom. The number of phenols is 1. The van der Waals surface area contributed by atoms with Crippen LogP contribution >= 0.6 is 11.6 Å². The highest BCUT2D eigenvalue weighted by Crippen LogP contribution is 2.27. The first-order chi connectivity index (χ1) is 10.0. The summed E-state index contributed by atoms with van der Waals surface area (Å²) in [6, 6.07) is 11.7. The summed E-state index contributed by atoms with van der Waals surface area (Å²) in [5, 5.41) is 13.1. The third-order valence-corrected chi connectivity index (χ3v) is 3.41. The fourth-order valence-electron chi connectivity index (χ4n) is 2.06. The Morgan fingerprint density at radius 2 is 2.00 bits per heavy atom. The Kier molecular flexibility index (Phi) is 3.31. The van der Waals surface area contributed by atoms with Crippen LogP contribution in [0.5, 0.6) is 5.75 Å². The van der Waals surface area contributed by atoms with Gasteiger partial charge in [-0.1, -0.05) is 23.2 Å². The number of furan rings is 1. The lowest BCUT2D eigenvalue weighted by Crippen LogP contribution is -2.11. The number of aromatic hydroxyl groups is 1. The third-order valence-electron chi connectivity index (χ3n) is 3.10. The van der Waals surface area contributed by atoms with Gasteiger partial charge in [-0.25, -0.2) is 0 Å². The van der Waals surface area contributed by atoms with Gasteiger partial charge < -0.3 is 14.8 Å². The topological polar surface area (TPSA) is 62.5 Å². The maximum atomic E-state index is 12.2. The van der Waals surface area contributed by atoms with Gasteiger partial charge in [-0.2, -0.15) is 0 Å². The predicted molar refractivity (Wildman–Crippen MR) is 82.0 cm³/mol. The molecule has 4 nitrogen and oxygen atoms in total. The molecule has 5 heteroatoms. The van der Waals surface area contributed by atoms with Gasteiger partial charge in [-0.3, -0.25) is 4.79 Å². The highest BCUT2D eigenvalue weighted by molar-refractivity contribution is 6.34. The van der Waals surface area contributed by atoms with E-state index in [-0.39, 0.29) is 16.5 Å². The zero-order valence-electron chi connectivity index (χ0n) is 11.2. The molecule has 3 rings (SSSR count). The number of benzene rings is 2. The minimum Gasteiger partial charge on any atom is -0.508 e. The molecule has 2 aromatic carbocycles. The van der Waals surface area contributed by atoms with Crippen molar-refractivity contribution in [1.82, 2.24) is 0 Å². The van der Waals surface area contributed by atoms with E-state index in [9.17, 15) is 9.90 Å². The van der Waals surface area contributed by atoms with Crippen molar-refractivity contribution >= 4 is 34.2 Å². The normalized spacial score (nSPS) is 10.8. The number of amides is 1. The molecule has 3 aromatic rings. The van der Waals surface area contributed by atoms with Gasteiger partial charge in [0.1, 0.15) is 11.3 Å². The summed E-state index contributed by atoms with van der Waals surface area (Å²) in [5.74, 6) is -0.145. The molecule has 106 valence electrons. The van der Waals surface area contributed by atoms with E-state index in [0.29, 0.717) is 11.3 Å². The number of fused-ring (bicyclic) bond motifs is 1. The summed E-state index contributed by atoms with van der Waals surface area (Å²) in [7, 11) is 0. The van der Waals surface area contributed by atoms with E-state index in [0.717, 1.165) is 10.9 Å². The van der Waals surface area contributed by atoms with Crippen LogP contribution in [-0.4, -0.2) is 11.0 Å². The molecular weight excluding hydrogens is 290 g/mol. The minimum absolute atomic E-state index is 0.0391. The van der Waals surface area contributed by atoms with Crippen LogP contribution in [0.2, 0.25) is 5.02 Å². The average Bonchev–Trinajstić information content (AvgIpc) is 2.85. The predicted octanol–water partition coefficient (Wildman–Crippen LogP) is 4.35. The molecule has 0 aliphatic heterocycles. The largest absolute Gasteiger partial charge is 0.508 e. The van der Waals surface area contributed by atoms with Gasteiger partial charge in [-0.05, 0) is 37.3 Å². The highest BCUT2D eigenvalue weighted by atomic mass is 35.5. The Labute approximate surface area is 126 Å². The fraction of sp³-hybridized carbons (Fsp3) is 0.0625. The van der Waals surface area contributed by atoms with Crippen LogP contribution in [0.3, 0.4) is 0 Å². The molecule has 0 saturated heterocycles. The van der Waals surface area contributed by atoms with Crippen molar-refractivity contribution in [2.45, 2.75) is 6.92 Å². The smallest absolute Gasteiger partial charge is 0.291 e. The number of anilines is 1. The molecule has 0 saturated carbocycles. The van der Waals surface area contributed by atoms with Crippen LogP contribution in [0.25, 0.3) is 11.0 Å². The Bertz CT molecular complexity index is 839. The molecule has 0 unspecified atom stereocenters. The van der Waals surface area contributed by atoms with E-state index in [4.69, 9.17) is 16.0 Å². The first-order valence-corrected chi connectivity index (χ1v) is 6.71. The SMILES string of the molecule is Cc1ccc2oc(C(=O)Nc3ccc(O)cc3Cl)cc2c1. The molecule has 0 fully saturated rings. The lowest BCUT2D eigenvalue weighted by atomic mass is 10.2. The molecule has 1 heterocycles. The van der Waals surface area contributed by atoms with Gasteiger partial charge in [0.2, 0.25) is 0 Å². The Balaban J connectivity index is 1.89. The zero-order chi connectivity index (χ0) is 15.0. The highest BCUT2D eigenvalue weighted by Gasteiger charge is 2.14. The molecule has 0 spiro atoms. The van der Waals surface area contributed by atoms with Crippen molar-refractivity contribution in [2.75, 3.05) is 5.32 Å². The maximum Gasteiger partial charge on any atom is 0.291 e. The molecule has 1 aromatic heterocycles. The standard InChI is InChI=1S/C16H12ClNO3/c1-9-2-5-14-10(6-9)7-15(21-14)16(20)18-13-4-3-11(19)8-12(13)17/h2-8,19H,1H3,(H,18,20). The molecule has 0 atom stereocenters. The van der Waals surface area contributed by atoms with Gasteiger partial charge in [0.05, 0.1) is 10.7 Å². The Hall–Kier alpha value is -2.46. The van der Waals surface area contributed by atoms with Crippen molar-refractivity contribution in [3.8, 4) is 5.75 Å². The average molecular weight is 302 g/mol. The number of carbonyl (C=O) groups excluding carboxylic acids is 1. The monoisotopic (exact) mass is 301 g/mol. The lowest BCUT2D eigenvalue weighted by Gasteiger charge is -2.05. The molecule has 1 amide bonds. The van der Waals surface area contributed by atoms with Crippen molar-refractivity contribution < 1.29 is 14.3 Å². The molecule has 21 heavy (non-hydrogen) atoms. The number of aryl methyl sites for hydroxylation is 1. The second-order valence-corrected chi connectivity index (χ2v) is 5.18. The summed E-state index contributed by atoms with van der Waals surface area (Å²) in [6.45, 7) is 1.97. The number of carbonyl (C=O) groups is 1. The van der Waals surface area contributed by atoms with Crippen molar-refractivity contribution in [2.24, 2.45) is 0 Å². The van der Waals surface area contributed by atoms with E-state index in [1.807, 2.05) is 25.1 Å². The summed E-state index contributed by atoms with van der Waals surface area (Å²) < 4.78 is 5.52. The molecule has 2 N–H and O–H groups in total. The molecular formula is C16H12ClNO3. The van der Waals surface area contributed by atoms with Gasteiger partial charge >= 0.3 is 0 Å². The number of halogens is 1. The minimum atomic E-state index is -0.392. The number of phenolic OH excluding ortho intramolecular Hbond substituents is 1. The van der Waals surface area contributed by atoms with E-state index in [1.165, 1.54) is 18.2 Å². The van der Waals surface area contributed by atoms with E-state index < -0.39 is 5.91 Å². The first-order valence-electron chi connectivity index (χ1n) is 6.33. The van der Waals surface area contributed by atoms with Crippen LogP contribution in [0.4, 0.5) is 5.69 Å². The number of hydrogen-bond donors (Lipinski definition) is 2. The molecule has 0 radical (unpaired) electrons. The van der Waals surface area contributed by atoms with E-state index >= 15 is 0 Å². The summed E-state index contributed by atoms with van der Waals surface area (Å²) in [5.41, 5.74) is 2.16. The van der Waals surface area contributed by atoms with Gasteiger partial charge in [0.25, 0.3) is 5.91 Å². The van der Waals surface area contributed by atoms with Gasteiger partial charge in [0, 0.05) is 11.5 Å². The van der Waals surface area contributed by atoms with Crippen LogP contribution in [0, 0.1) is 6.92 Å². The molecule has 0 aliphatic carbocycles. The lowest BCUT2D eigenvalue weighted by molar-refractivity contribution is 0.0998. The van der Waals surface area contributed by atoms with E-state index in [1.54, 1.807) is 6.07 Å². The van der Waals surface area contributed by atoms with Crippen LogP contribution < -0.4 is 5.32 Å². The van der Waals surface area contributed by atoms with Crippen molar-refractivity contribution in [3.63, 3.8) is 0 Å². The van der Waals surface area contributed by atoms with Gasteiger partial charge in [-0.15, -0.1) is 0 Å². The van der Waals surface area contributed by atoms with Gasteiger partial charge in [0.15, 0.2) is 5.76 Å².